The molecule has 11 nitrogen and oxygen atoms in total. The third kappa shape index (κ3) is 3.48. The van der Waals surface area contributed by atoms with Gasteiger partial charge < -0.3 is 15.2 Å². The first-order valence-electron chi connectivity index (χ1n) is 10.3. The summed E-state index contributed by atoms with van der Waals surface area (Å²) in [5, 5.41) is 0. The Hall–Kier alpha value is -1.78. The highest BCUT2D eigenvalue weighted by molar-refractivity contribution is 7.48. The summed E-state index contributed by atoms with van der Waals surface area (Å²) >= 11 is 0. The lowest BCUT2D eigenvalue weighted by molar-refractivity contribution is -0.109. The normalized spacial score (nSPS) is 34.5. The quantitative estimate of drug-likeness (QED) is 0.693. The molecule has 0 amide bonds. The Morgan fingerprint density at radius 1 is 1.37 bits per heavy atom. The first-order chi connectivity index (χ1) is 14.4. The van der Waals surface area contributed by atoms with E-state index >= 15 is 0 Å². The fourth-order valence-corrected chi connectivity index (χ4v) is 6.11. The van der Waals surface area contributed by atoms with Crippen LogP contribution in [-0.4, -0.2) is 50.5 Å². The van der Waals surface area contributed by atoms with E-state index in [2.05, 4.69) is 15.0 Å². The van der Waals surface area contributed by atoms with Gasteiger partial charge in [0.2, 0.25) is 11.8 Å². The van der Waals surface area contributed by atoms with Crippen molar-refractivity contribution in [2.45, 2.75) is 70.0 Å². The Kier molecular flexibility index (Phi) is 4.98. The zero-order valence-electron chi connectivity index (χ0n) is 17.0. The number of hydrogen-bond donors (Lipinski definition) is 1. The minimum Gasteiger partial charge on any atom is -0.476 e. The van der Waals surface area contributed by atoms with Crippen LogP contribution in [0.4, 0.5) is 5.95 Å². The minimum atomic E-state index is -3.64. The van der Waals surface area contributed by atoms with Crippen molar-refractivity contribution in [1.82, 2.24) is 19.5 Å². The maximum atomic E-state index is 13.1. The number of nitrogens with zero attached hydrogens (tertiary/aromatic N) is 4. The summed E-state index contributed by atoms with van der Waals surface area (Å²) < 4.78 is 43.8. The second-order valence-electron chi connectivity index (χ2n) is 8.09. The van der Waals surface area contributed by atoms with E-state index < -0.39 is 25.8 Å². The molecule has 5 rings (SSSR count). The van der Waals surface area contributed by atoms with Gasteiger partial charge in [0, 0.05) is 6.42 Å². The van der Waals surface area contributed by atoms with E-state index in [4.69, 9.17) is 28.8 Å². The number of fused-ring (bicyclic) bond motifs is 2. The predicted octanol–water partition coefficient (Wildman–Crippen LogP) is 2.97. The largest absolute Gasteiger partial charge is 0.476 e. The maximum Gasteiger partial charge on any atom is 0.475 e. The Morgan fingerprint density at radius 3 is 2.93 bits per heavy atom. The number of rotatable bonds is 5. The average Bonchev–Trinajstić information content (AvgIpc) is 3.39. The van der Waals surface area contributed by atoms with Gasteiger partial charge in [-0.05, 0) is 26.7 Å². The van der Waals surface area contributed by atoms with Crippen molar-refractivity contribution < 1.29 is 27.6 Å². The summed E-state index contributed by atoms with van der Waals surface area (Å²) in [4.78, 5) is 12.8. The van der Waals surface area contributed by atoms with Crippen LogP contribution in [0.5, 0.6) is 5.88 Å². The van der Waals surface area contributed by atoms with Gasteiger partial charge in [-0.2, -0.15) is 9.97 Å². The number of imidazole rings is 1. The first-order valence-corrected chi connectivity index (χ1v) is 11.8. The van der Waals surface area contributed by atoms with Crippen molar-refractivity contribution in [3.05, 3.63) is 6.33 Å². The van der Waals surface area contributed by atoms with Gasteiger partial charge in [0.25, 0.3) is 0 Å². The predicted molar refractivity (Wildman–Crippen MR) is 106 cm³/mol. The summed E-state index contributed by atoms with van der Waals surface area (Å²) in [5.41, 5.74) is 6.04. The molecule has 0 radical (unpaired) electrons. The van der Waals surface area contributed by atoms with Crippen molar-refractivity contribution in [3.8, 4) is 5.88 Å². The lowest BCUT2D eigenvalue weighted by Gasteiger charge is -2.38. The summed E-state index contributed by atoms with van der Waals surface area (Å²) in [6, 6.07) is 0. The second-order valence-corrected chi connectivity index (χ2v) is 9.63. The van der Waals surface area contributed by atoms with Crippen LogP contribution < -0.4 is 10.5 Å². The smallest absolute Gasteiger partial charge is 0.475 e. The Bertz CT molecular complexity index is 995. The number of phosphoric acid groups is 1. The van der Waals surface area contributed by atoms with Crippen molar-refractivity contribution >= 4 is 24.9 Å². The van der Waals surface area contributed by atoms with Gasteiger partial charge in [0.05, 0.1) is 25.6 Å². The van der Waals surface area contributed by atoms with Crippen LogP contribution in [0.25, 0.3) is 11.2 Å². The highest BCUT2D eigenvalue weighted by atomic mass is 31.2. The van der Waals surface area contributed by atoms with Crippen LogP contribution in [0.2, 0.25) is 0 Å². The van der Waals surface area contributed by atoms with Gasteiger partial charge in [-0.1, -0.05) is 12.8 Å². The molecule has 30 heavy (non-hydrogen) atoms. The fourth-order valence-electron chi connectivity index (χ4n) is 4.36. The molecule has 2 saturated heterocycles. The second kappa shape index (κ2) is 7.42. The third-order valence-corrected chi connectivity index (χ3v) is 7.53. The monoisotopic (exact) mass is 439 g/mol. The molecule has 3 aliphatic rings. The van der Waals surface area contributed by atoms with Crippen LogP contribution in [0.1, 0.15) is 52.2 Å². The molecule has 2 aromatic rings. The van der Waals surface area contributed by atoms with E-state index in [1.54, 1.807) is 10.9 Å². The van der Waals surface area contributed by atoms with Gasteiger partial charge in [-0.15, -0.1) is 0 Å². The fraction of sp³-hybridized carbons (Fsp3) is 0.722. The topological polar surface area (TPSA) is 133 Å². The number of nitrogen functional groups attached to an aromatic ring is 1. The highest BCUT2D eigenvalue weighted by Crippen LogP contribution is 2.62. The Labute approximate surface area is 173 Å². The van der Waals surface area contributed by atoms with Crippen molar-refractivity contribution in [1.29, 1.82) is 0 Å². The molecule has 0 aromatic carbocycles. The van der Waals surface area contributed by atoms with Crippen molar-refractivity contribution in [2.75, 3.05) is 18.9 Å². The standard InChI is InChI=1S/C18H26N5O6P/c1-3-25-16-14-15(21-17(19)22-16)23(10-20-14)13-8-18(2)12(27-13)9-26-30(24,29-18)28-11-6-4-5-7-11/h10-13H,3-9H2,1-2H3,(H2,19,21,22). The van der Waals surface area contributed by atoms with Crippen LogP contribution in [0.3, 0.4) is 0 Å². The zero-order valence-corrected chi connectivity index (χ0v) is 17.9. The Balaban J connectivity index is 1.39. The molecule has 1 aliphatic carbocycles. The highest BCUT2D eigenvalue weighted by Gasteiger charge is 2.56. The van der Waals surface area contributed by atoms with Crippen LogP contribution in [0, 0.1) is 0 Å². The average molecular weight is 439 g/mol. The Morgan fingerprint density at radius 2 is 2.17 bits per heavy atom. The summed E-state index contributed by atoms with van der Waals surface area (Å²) in [5.74, 6) is 0.415. The lowest BCUT2D eigenvalue weighted by atomic mass is 9.98. The zero-order chi connectivity index (χ0) is 20.9. The van der Waals surface area contributed by atoms with E-state index in [1.807, 2.05) is 13.8 Å². The molecule has 2 aromatic heterocycles. The molecule has 1 saturated carbocycles. The molecule has 4 atom stereocenters. The number of ether oxygens (including phenoxy) is 2. The molecule has 4 heterocycles. The van der Waals surface area contributed by atoms with E-state index in [0.29, 0.717) is 30.1 Å². The molecular formula is C18H26N5O6P. The molecule has 0 spiro atoms. The van der Waals surface area contributed by atoms with Crippen LogP contribution in [0.15, 0.2) is 6.33 Å². The van der Waals surface area contributed by atoms with Gasteiger partial charge in [0.1, 0.15) is 17.9 Å². The van der Waals surface area contributed by atoms with E-state index in [0.717, 1.165) is 25.7 Å². The molecule has 3 fully saturated rings. The molecule has 12 heteroatoms. The number of anilines is 1. The first kappa shape index (κ1) is 20.1. The molecule has 2 N–H and O–H groups in total. The SMILES string of the molecule is CCOc1nc(N)nc2c1ncn2C1CC2(C)OP(=O)(OC3CCCC3)OCC2O1. The summed E-state index contributed by atoms with van der Waals surface area (Å²) in [6.07, 6.45) is 5.00. The molecule has 164 valence electrons. The number of aromatic nitrogens is 4. The summed E-state index contributed by atoms with van der Waals surface area (Å²) in [6.45, 7) is 4.29. The summed E-state index contributed by atoms with van der Waals surface area (Å²) in [7, 11) is -3.64. The molecule has 2 aliphatic heterocycles. The van der Waals surface area contributed by atoms with E-state index in [9.17, 15) is 4.57 Å². The van der Waals surface area contributed by atoms with Crippen molar-refractivity contribution in [2.24, 2.45) is 0 Å². The number of nitrogens with two attached hydrogens (primary N) is 1. The van der Waals surface area contributed by atoms with Gasteiger partial charge in [-0.3, -0.25) is 18.1 Å². The molecule has 4 unspecified atom stereocenters. The minimum absolute atomic E-state index is 0.0802. The van der Waals surface area contributed by atoms with Gasteiger partial charge in [-0.25, -0.2) is 9.55 Å². The lowest BCUT2D eigenvalue weighted by Crippen LogP contribution is -2.44. The van der Waals surface area contributed by atoms with Crippen LogP contribution >= 0.6 is 7.82 Å². The van der Waals surface area contributed by atoms with Crippen molar-refractivity contribution in [3.63, 3.8) is 0 Å². The number of phosphoric ester groups is 1. The van der Waals surface area contributed by atoms with Gasteiger partial charge >= 0.3 is 7.82 Å². The third-order valence-electron chi connectivity index (χ3n) is 5.87. The van der Waals surface area contributed by atoms with Crippen LogP contribution in [-0.2, 0) is 22.9 Å². The number of hydrogen-bond acceptors (Lipinski definition) is 10. The molecular weight excluding hydrogens is 413 g/mol. The van der Waals surface area contributed by atoms with E-state index in [-0.39, 0.29) is 18.7 Å². The maximum absolute atomic E-state index is 13.1. The van der Waals surface area contributed by atoms with E-state index in [1.165, 1.54) is 0 Å². The van der Waals surface area contributed by atoms with Gasteiger partial charge in [0.15, 0.2) is 11.2 Å². The molecule has 0 bridgehead atoms.